The third-order valence-electron chi connectivity index (χ3n) is 3.43. The van der Waals surface area contributed by atoms with Crippen molar-refractivity contribution in [3.8, 4) is 5.75 Å². The fourth-order valence-electron chi connectivity index (χ4n) is 2.22. The summed E-state index contributed by atoms with van der Waals surface area (Å²) in [5.74, 6) is 1.05. The first-order valence-corrected chi connectivity index (χ1v) is 8.19. The van der Waals surface area contributed by atoms with Crippen molar-refractivity contribution in [1.82, 2.24) is 9.97 Å². The third-order valence-corrected chi connectivity index (χ3v) is 4.50. The Morgan fingerprint density at radius 2 is 1.83 bits per heavy atom. The molecule has 3 aromatic rings. The number of ketones is 1. The molecule has 0 amide bonds. The average molecular weight is 324 g/mol. The molecule has 2 aromatic carbocycles. The Bertz CT molecular complexity index is 865. The van der Waals surface area contributed by atoms with Crippen LogP contribution in [-0.4, -0.2) is 28.6 Å². The van der Waals surface area contributed by atoms with Crippen molar-refractivity contribution in [2.24, 2.45) is 0 Å². The van der Waals surface area contributed by atoms with E-state index < -0.39 is 0 Å². The van der Waals surface area contributed by atoms with E-state index in [0.717, 1.165) is 21.8 Å². The zero-order valence-corrected chi connectivity index (χ0v) is 13.8. The van der Waals surface area contributed by atoms with E-state index in [0.29, 0.717) is 17.1 Å². The van der Waals surface area contributed by atoms with Crippen LogP contribution in [0.1, 0.15) is 16.1 Å². The highest BCUT2D eigenvalue weighted by Gasteiger charge is 2.11. The van der Waals surface area contributed by atoms with E-state index in [2.05, 4.69) is 9.97 Å². The monoisotopic (exact) mass is 324 g/mol. The number of thioether (sulfide) groups is 1. The van der Waals surface area contributed by atoms with Crippen molar-refractivity contribution in [2.45, 2.75) is 11.9 Å². The quantitative estimate of drug-likeness (QED) is 0.526. The minimum atomic E-state index is 0.0447. The van der Waals surface area contributed by atoms with Gasteiger partial charge >= 0.3 is 0 Å². The molecule has 0 N–H and O–H groups in total. The number of carbonyl (C=O) groups is 1. The molecule has 116 valence electrons. The Balaban J connectivity index is 1.77. The van der Waals surface area contributed by atoms with Crippen LogP contribution >= 0.6 is 11.8 Å². The van der Waals surface area contributed by atoms with Crippen molar-refractivity contribution in [3.05, 3.63) is 59.8 Å². The lowest BCUT2D eigenvalue weighted by Gasteiger charge is -2.06. The number of benzene rings is 2. The molecule has 0 fully saturated rings. The summed E-state index contributed by atoms with van der Waals surface area (Å²) in [5.41, 5.74) is 3.19. The molecule has 5 heteroatoms. The molecule has 1 heterocycles. The summed E-state index contributed by atoms with van der Waals surface area (Å²) in [5, 5.41) is 0.792. The van der Waals surface area contributed by atoms with Crippen LogP contribution in [0.25, 0.3) is 11.0 Å². The molecule has 4 nitrogen and oxygen atoms in total. The molecule has 0 aliphatic carbocycles. The average Bonchev–Trinajstić information content (AvgIpc) is 2.59. The third kappa shape index (κ3) is 3.51. The Morgan fingerprint density at radius 3 is 2.57 bits per heavy atom. The van der Waals surface area contributed by atoms with Crippen LogP contribution in [0.4, 0.5) is 0 Å². The molecular formula is C18H16N2O2S. The van der Waals surface area contributed by atoms with Gasteiger partial charge in [0, 0.05) is 5.56 Å². The second-order valence-electron chi connectivity index (χ2n) is 5.05. The number of aryl methyl sites for hydroxylation is 1. The molecule has 1 aromatic heterocycles. The van der Waals surface area contributed by atoms with Crippen LogP contribution in [0, 0.1) is 6.92 Å². The largest absolute Gasteiger partial charge is 0.497 e. The highest BCUT2D eigenvalue weighted by Crippen LogP contribution is 2.23. The van der Waals surface area contributed by atoms with Crippen LogP contribution in [0.3, 0.4) is 0 Å². The summed E-state index contributed by atoms with van der Waals surface area (Å²) in [6.45, 7) is 1.91. The van der Waals surface area contributed by atoms with Gasteiger partial charge in [0.2, 0.25) is 0 Å². The van der Waals surface area contributed by atoms with Crippen LogP contribution in [0.5, 0.6) is 5.75 Å². The maximum Gasteiger partial charge on any atom is 0.173 e. The van der Waals surface area contributed by atoms with E-state index in [1.165, 1.54) is 11.8 Å². The van der Waals surface area contributed by atoms with E-state index in [4.69, 9.17) is 4.74 Å². The number of carbonyl (C=O) groups excluding carboxylic acids is 1. The van der Waals surface area contributed by atoms with Gasteiger partial charge < -0.3 is 4.74 Å². The lowest BCUT2D eigenvalue weighted by Crippen LogP contribution is -2.04. The molecule has 3 rings (SSSR count). The summed E-state index contributed by atoms with van der Waals surface area (Å²) in [7, 11) is 1.59. The normalized spacial score (nSPS) is 10.7. The van der Waals surface area contributed by atoms with E-state index >= 15 is 0 Å². The van der Waals surface area contributed by atoms with Gasteiger partial charge in [0.1, 0.15) is 10.8 Å². The summed E-state index contributed by atoms with van der Waals surface area (Å²) in [6.07, 6.45) is 0. The number of para-hydroxylation sites is 2. The predicted molar refractivity (Wildman–Crippen MR) is 92.3 cm³/mol. The lowest BCUT2D eigenvalue weighted by molar-refractivity contribution is 0.102. The molecule has 0 saturated carbocycles. The number of Topliss-reactive ketones (excluding diaryl/α,β-unsaturated/α-hetero) is 1. The fourth-order valence-corrected chi connectivity index (χ4v) is 3.07. The first kappa shape index (κ1) is 15.5. The first-order chi connectivity index (χ1) is 11.2. The Labute approximate surface area is 138 Å². The molecule has 23 heavy (non-hydrogen) atoms. The molecule has 0 unspecified atom stereocenters. The number of hydrogen-bond donors (Lipinski definition) is 0. The zero-order chi connectivity index (χ0) is 16.2. The van der Waals surface area contributed by atoms with Gasteiger partial charge in [0.25, 0.3) is 0 Å². The highest BCUT2D eigenvalue weighted by molar-refractivity contribution is 8.00. The molecule has 0 spiro atoms. The van der Waals surface area contributed by atoms with E-state index in [1.54, 1.807) is 19.2 Å². The molecule has 0 atom stereocenters. The highest BCUT2D eigenvalue weighted by atomic mass is 32.2. The van der Waals surface area contributed by atoms with E-state index in [1.807, 2.05) is 43.3 Å². The van der Waals surface area contributed by atoms with Gasteiger partial charge in [0.15, 0.2) is 5.78 Å². The standard InChI is InChI=1S/C18H16N2O2S/c1-12-18(20-16-9-4-3-8-15(16)19-12)23-11-17(21)13-6-5-7-14(10-13)22-2/h3-10H,11H2,1-2H3. The van der Waals surface area contributed by atoms with Crippen molar-refractivity contribution >= 4 is 28.6 Å². The Hall–Kier alpha value is -2.40. The number of aromatic nitrogens is 2. The van der Waals surface area contributed by atoms with Crippen molar-refractivity contribution in [2.75, 3.05) is 12.9 Å². The molecule has 0 radical (unpaired) electrons. The molecule has 0 saturated heterocycles. The summed E-state index contributed by atoms with van der Waals surface area (Å²) in [6, 6.07) is 14.9. The molecule has 0 bridgehead atoms. The number of nitrogens with zero attached hydrogens (tertiary/aromatic N) is 2. The summed E-state index contributed by atoms with van der Waals surface area (Å²) in [4.78, 5) is 21.5. The minimum Gasteiger partial charge on any atom is -0.497 e. The van der Waals surface area contributed by atoms with Crippen molar-refractivity contribution < 1.29 is 9.53 Å². The van der Waals surface area contributed by atoms with Gasteiger partial charge in [-0.3, -0.25) is 4.79 Å². The second kappa shape index (κ2) is 6.79. The Morgan fingerprint density at radius 1 is 1.09 bits per heavy atom. The van der Waals surface area contributed by atoms with Gasteiger partial charge in [0.05, 0.1) is 29.6 Å². The minimum absolute atomic E-state index is 0.0447. The van der Waals surface area contributed by atoms with Crippen LogP contribution in [-0.2, 0) is 0 Å². The molecule has 0 aliphatic heterocycles. The molecule has 0 aliphatic rings. The van der Waals surface area contributed by atoms with Crippen molar-refractivity contribution in [1.29, 1.82) is 0 Å². The van der Waals surface area contributed by atoms with Gasteiger partial charge in [-0.1, -0.05) is 36.0 Å². The van der Waals surface area contributed by atoms with Gasteiger partial charge in [-0.05, 0) is 31.2 Å². The van der Waals surface area contributed by atoms with E-state index in [-0.39, 0.29) is 5.78 Å². The number of ether oxygens (including phenoxy) is 1. The maximum atomic E-state index is 12.3. The van der Waals surface area contributed by atoms with E-state index in [9.17, 15) is 4.79 Å². The first-order valence-electron chi connectivity index (χ1n) is 7.21. The number of fused-ring (bicyclic) bond motifs is 1. The Kier molecular flexibility index (Phi) is 4.57. The summed E-state index contributed by atoms with van der Waals surface area (Å²) < 4.78 is 5.15. The predicted octanol–water partition coefficient (Wildman–Crippen LogP) is 3.92. The smallest absolute Gasteiger partial charge is 0.173 e. The van der Waals surface area contributed by atoms with Crippen LogP contribution < -0.4 is 4.74 Å². The molecular weight excluding hydrogens is 308 g/mol. The van der Waals surface area contributed by atoms with Crippen LogP contribution in [0.15, 0.2) is 53.6 Å². The van der Waals surface area contributed by atoms with Crippen LogP contribution in [0.2, 0.25) is 0 Å². The van der Waals surface area contributed by atoms with Gasteiger partial charge in [-0.25, -0.2) is 9.97 Å². The maximum absolute atomic E-state index is 12.3. The number of methoxy groups -OCH3 is 1. The number of hydrogen-bond acceptors (Lipinski definition) is 5. The lowest BCUT2D eigenvalue weighted by atomic mass is 10.1. The van der Waals surface area contributed by atoms with Gasteiger partial charge in [-0.2, -0.15) is 0 Å². The SMILES string of the molecule is COc1cccc(C(=O)CSc2nc3ccccc3nc2C)c1. The summed E-state index contributed by atoms with van der Waals surface area (Å²) >= 11 is 1.41. The van der Waals surface area contributed by atoms with Crippen molar-refractivity contribution in [3.63, 3.8) is 0 Å². The number of rotatable bonds is 5. The second-order valence-corrected chi connectivity index (χ2v) is 6.01. The topological polar surface area (TPSA) is 52.1 Å². The van der Waals surface area contributed by atoms with Gasteiger partial charge in [-0.15, -0.1) is 0 Å². The fraction of sp³-hybridized carbons (Fsp3) is 0.167. The zero-order valence-electron chi connectivity index (χ0n) is 12.9.